The van der Waals surface area contributed by atoms with Crippen molar-refractivity contribution in [1.29, 1.82) is 0 Å². The fraction of sp³-hybridized carbons (Fsp3) is 0.333. The van der Waals surface area contributed by atoms with Gasteiger partial charge in [-0.05, 0) is 56.8 Å². The molecule has 156 valence electrons. The van der Waals surface area contributed by atoms with Gasteiger partial charge in [-0.25, -0.2) is 4.98 Å². The van der Waals surface area contributed by atoms with Crippen LogP contribution in [-0.2, 0) is 6.54 Å². The van der Waals surface area contributed by atoms with E-state index in [0.29, 0.717) is 5.56 Å². The van der Waals surface area contributed by atoms with Gasteiger partial charge in [0.2, 0.25) is 0 Å². The number of aryl methyl sites for hydroxylation is 2. The van der Waals surface area contributed by atoms with Crippen molar-refractivity contribution in [2.75, 3.05) is 38.5 Å². The average Bonchev–Trinajstić information content (AvgIpc) is 3.08. The standard InChI is InChI=1S/C24H29N5O/c1-18-16-25-19(2)29(18)23-6-4-5-22(15-23)26-24(30)21-9-7-20(8-10-21)17-28-13-11-27(3)12-14-28/h4-10,15-16H,11-14,17H2,1-3H3,(H,26,30). The van der Waals surface area contributed by atoms with Crippen LogP contribution >= 0.6 is 0 Å². The molecule has 1 amide bonds. The number of aromatic nitrogens is 2. The van der Waals surface area contributed by atoms with Crippen LogP contribution in [0.5, 0.6) is 0 Å². The van der Waals surface area contributed by atoms with Gasteiger partial charge in [0, 0.05) is 61.6 Å². The molecule has 6 heteroatoms. The number of piperazine rings is 1. The lowest BCUT2D eigenvalue weighted by Gasteiger charge is -2.32. The third-order valence-electron chi connectivity index (χ3n) is 5.69. The van der Waals surface area contributed by atoms with Crippen molar-refractivity contribution in [3.05, 3.63) is 77.4 Å². The van der Waals surface area contributed by atoms with Gasteiger partial charge in [-0.2, -0.15) is 0 Å². The van der Waals surface area contributed by atoms with Crippen LogP contribution in [0, 0.1) is 13.8 Å². The summed E-state index contributed by atoms with van der Waals surface area (Å²) in [6.07, 6.45) is 1.85. The maximum Gasteiger partial charge on any atom is 0.255 e. The number of nitrogens with zero attached hydrogens (tertiary/aromatic N) is 4. The average molecular weight is 404 g/mol. The molecule has 0 unspecified atom stereocenters. The minimum Gasteiger partial charge on any atom is -0.322 e. The zero-order valence-corrected chi connectivity index (χ0v) is 17.9. The van der Waals surface area contributed by atoms with E-state index in [1.807, 2.05) is 56.4 Å². The van der Waals surface area contributed by atoms with Crippen LogP contribution in [-0.4, -0.2) is 58.5 Å². The monoisotopic (exact) mass is 403 g/mol. The van der Waals surface area contributed by atoms with Crippen molar-refractivity contribution in [1.82, 2.24) is 19.4 Å². The maximum absolute atomic E-state index is 12.7. The number of hydrogen-bond acceptors (Lipinski definition) is 4. The Morgan fingerprint density at radius 2 is 1.77 bits per heavy atom. The Bertz CT molecular complexity index is 997. The molecule has 0 spiro atoms. The van der Waals surface area contributed by atoms with Crippen LogP contribution in [0.2, 0.25) is 0 Å². The predicted molar refractivity (Wildman–Crippen MR) is 120 cm³/mol. The highest BCUT2D eigenvalue weighted by atomic mass is 16.1. The van der Waals surface area contributed by atoms with Gasteiger partial charge >= 0.3 is 0 Å². The summed E-state index contributed by atoms with van der Waals surface area (Å²) in [5, 5.41) is 3.02. The Balaban J connectivity index is 1.41. The zero-order valence-electron chi connectivity index (χ0n) is 17.9. The first-order chi connectivity index (χ1) is 14.5. The Kier molecular flexibility index (Phi) is 5.97. The molecule has 0 aliphatic carbocycles. The third kappa shape index (κ3) is 4.61. The Hall–Kier alpha value is -2.96. The maximum atomic E-state index is 12.7. The number of benzene rings is 2. The number of likely N-dealkylation sites (N-methyl/N-ethyl adjacent to an activating group) is 1. The molecule has 6 nitrogen and oxygen atoms in total. The van der Waals surface area contributed by atoms with Gasteiger partial charge in [-0.1, -0.05) is 18.2 Å². The van der Waals surface area contributed by atoms with E-state index in [0.717, 1.165) is 55.6 Å². The van der Waals surface area contributed by atoms with E-state index in [2.05, 4.69) is 43.8 Å². The van der Waals surface area contributed by atoms with E-state index in [1.54, 1.807) is 0 Å². The molecule has 0 bridgehead atoms. The smallest absolute Gasteiger partial charge is 0.255 e. The van der Waals surface area contributed by atoms with Crippen molar-refractivity contribution in [3.63, 3.8) is 0 Å². The number of hydrogen-bond donors (Lipinski definition) is 1. The number of carbonyl (C=O) groups excluding carboxylic acids is 1. The molecule has 30 heavy (non-hydrogen) atoms. The van der Waals surface area contributed by atoms with E-state index < -0.39 is 0 Å². The minimum atomic E-state index is -0.0997. The van der Waals surface area contributed by atoms with Crippen LogP contribution in [0.1, 0.15) is 27.4 Å². The molecule has 3 aromatic rings. The summed E-state index contributed by atoms with van der Waals surface area (Å²) in [5.41, 5.74) is 4.72. The Morgan fingerprint density at radius 3 is 2.43 bits per heavy atom. The molecule has 1 fully saturated rings. The van der Waals surface area contributed by atoms with Gasteiger partial charge in [0.15, 0.2) is 0 Å². The second kappa shape index (κ2) is 8.81. The topological polar surface area (TPSA) is 53.4 Å². The van der Waals surface area contributed by atoms with Gasteiger partial charge in [0.1, 0.15) is 5.82 Å². The molecule has 0 saturated carbocycles. The summed E-state index contributed by atoms with van der Waals surface area (Å²) in [4.78, 5) is 21.9. The van der Waals surface area contributed by atoms with Gasteiger partial charge in [0.05, 0.1) is 0 Å². The first-order valence-electron chi connectivity index (χ1n) is 10.4. The summed E-state index contributed by atoms with van der Waals surface area (Å²) in [7, 11) is 2.16. The molecular weight excluding hydrogens is 374 g/mol. The van der Waals surface area contributed by atoms with Crippen molar-refractivity contribution < 1.29 is 4.79 Å². The molecule has 1 aliphatic heterocycles. The van der Waals surface area contributed by atoms with E-state index in [-0.39, 0.29) is 5.91 Å². The SMILES string of the molecule is Cc1cnc(C)n1-c1cccc(NC(=O)c2ccc(CN3CCN(C)CC3)cc2)c1. The van der Waals surface area contributed by atoms with Gasteiger partial charge in [-0.15, -0.1) is 0 Å². The predicted octanol–water partition coefficient (Wildman–Crippen LogP) is 3.49. The van der Waals surface area contributed by atoms with Crippen LogP contribution < -0.4 is 5.32 Å². The zero-order chi connectivity index (χ0) is 21.1. The molecule has 2 heterocycles. The number of nitrogens with one attached hydrogen (secondary N) is 1. The molecule has 0 atom stereocenters. The molecular formula is C24H29N5O. The molecule has 0 radical (unpaired) electrons. The fourth-order valence-corrected chi connectivity index (χ4v) is 3.90. The summed E-state index contributed by atoms with van der Waals surface area (Å²) in [6, 6.07) is 15.8. The quantitative estimate of drug-likeness (QED) is 0.709. The number of rotatable bonds is 5. The van der Waals surface area contributed by atoms with Crippen LogP contribution in [0.25, 0.3) is 5.69 Å². The lowest BCUT2D eigenvalue weighted by Crippen LogP contribution is -2.43. The molecule has 2 aromatic carbocycles. The number of carbonyl (C=O) groups is 1. The second-order valence-electron chi connectivity index (χ2n) is 8.06. The van der Waals surface area contributed by atoms with E-state index in [1.165, 1.54) is 5.56 Å². The summed E-state index contributed by atoms with van der Waals surface area (Å²) in [5.74, 6) is 0.823. The van der Waals surface area contributed by atoms with Gasteiger partial charge in [-0.3, -0.25) is 9.69 Å². The number of imidazole rings is 1. The highest BCUT2D eigenvalue weighted by Crippen LogP contribution is 2.19. The highest BCUT2D eigenvalue weighted by molar-refractivity contribution is 6.04. The van der Waals surface area contributed by atoms with E-state index in [4.69, 9.17) is 0 Å². The second-order valence-corrected chi connectivity index (χ2v) is 8.06. The van der Waals surface area contributed by atoms with Crippen molar-refractivity contribution in [2.45, 2.75) is 20.4 Å². The van der Waals surface area contributed by atoms with Crippen LogP contribution in [0.15, 0.2) is 54.7 Å². The summed E-state index contributed by atoms with van der Waals surface area (Å²) < 4.78 is 2.07. The van der Waals surface area contributed by atoms with Crippen molar-refractivity contribution in [3.8, 4) is 5.69 Å². The highest BCUT2D eigenvalue weighted by Gasteiger charge is 2.14. The van der Waals surface area contributed by atoms with Gasteiger partial charge < -0.3 is 14.8 Å². The third-order valence-corrected chi connectivity index (χ3v) is 5.69. The number of amides is 1. The fourth-order valence-electron chi connectivity index (χ4n) is 3.90. The largest absolute Gasteiger partial charge is 0.322 e. The van der Waals surface area contributed by atoms with E-state index >= 15 is 0 Å². The normalized spacial score (nSPS) is 15.3. The van der Waals surface area contributed by atoms with Crippen molar-refractivity contribution >= 4 is 11.6 Å². The summed E-state index contributed by atoms with van der Waals surface area (Å²) >= 11 is 0. The number of anilines is 1. The molecule has 1 aliphatic rings. The summed E-state index contributed by atoms with van der Waals surface area (Å²) in [6.45, 7) is 9.32. The molecule has 1 N–H and O–H groups in total. The molecule has 1 aromatic heterocycles. The molecule has 4 rings (SSSR count). The Morgan fingerprint density at radius 1 is 1.03 bits per heavy atom. The van der Waals surface area contributed by atoms with E-state index in [9.17, 15) is 4.79 Å². The first kappa shape index (κ1) is 20.3. The first-order valence-corrected chi connectivity index (χ1v) is 10.4. The van der Waals surface area contributed by atoms with Crippen molar-refractivity contribution in [2.24, 2.45) is 0 Å². The lowest BCUT2D eigenvalue weighted by molar-refractivity contribution is 0.102. The van der Waals surface area contributed by atoms with Crippen LogP contribution in [0.4, 0.5) is 5.69 Å². The Labute approximate surface area is 178 Å². The minimum absolute atomic E-state index is 0.0997. The van der Waals surface area contributed by atoms with Crippen LogP contribution in [0.3, 0.4) is 0 Å². The lowest BCUT2D eigenvalue weighted by atomic mass is 10.1. The molecule has 1 saturated heterocycles. The van der Waals surface area contributed by atoms with Gasteiger partial charge in [0.25, 0.3) is 5.91 Å².